The van der Waals surface area contributed by atoms with E-state index in [1.54, 1.807) is 0 Å². The van der Waals surface area contributed by atoms with Crippen molar-refractivity contribution in [3.63, 3.8) is 0 Å². The number of benzene rings is 1. The molecule has 0 amide bonds. The molecule has 0 saturated carbocycles. The fourth-order valence-corrected chi connectivity index (χ4v) is 2.93. The molecule has 0 saturated heterocycles. The highest BCUT2D eigenvalue weighted by atomic mass is 79.9. The fourth-order valence-electron chi connectivity index (χ4n) is 1.34. The number of hydrogen-bond acceptors (Lipinski definition) is 7. The highest BCUT2D eigenvalue weighted by Gasteiger charge is 2.17. The van der Waals surface area contributed by atoms with E-state index in [0.29, 0.717) is 19.2 Å². The quantitative estimate of drug-likeness (QED) is 0.386. The van der Waals surface area contributed by atoms with Crippen molar-refractivity contribution >= 4 is 59.4 Å². The van der Waals surface area contributed by atoms with Crippen LogP contribution in [0, 0.1) is 10.1 Å². The molecule has 0 atom stereocenters. The van der Waals surface area contributed by atoms with Crippen LogP contribution in [0.15, 0.2) is 31.7 Å². The average molecular weight is 484 g/mol. The summed E-state index contributed by atoms with van der Waals surface area (Å²) in [5.74, 6) is 5.94. The van der Waals surface area contributed by atoms with E-state index in [1.165, 1.54) is 18.3 Å². The van der Waals surface area contributed by atoms with Crippen molar-refractivity contribution in [2.24, 2.45) is 5.84 Å². The molecule has 0 spiro atoms. The third kappa shape index (κ3) is 3.67. The summed E-state index contributed by atoms with van der Waals surface area (Å²) in [7, 11) is 0. The normalized spacial score (nSPS) is 10.3. The zero-order valence-electron chi connectivity index (χ0n) is 10.0. The predicted octanol–water partition coefficient (Wildman–Crippen LogP) is 3.75. The van der Waals surface area contributed by atoms with Gasteiger partial charge in [-0.3, -0.25) is 15.5 Å². The predicted molar refractivity (Wildman–Crippen MR) is 86.1 cm³/mol. The maximum absolute atomic E-state index is 10.8. The highest BCUT2D eigenvalue weighted by molar-refractivity contribution is 9.11. The molecule has 0 radical (unpaired) electrons. The molecular weight excluding hydrogens is 478 g/mol. The number of rotatable bonds is 4. The van der Waals surface area contributed by atoms with Gasteiger partial charge in [0, 0.05) is 12.1 Å². The number of hydrogen-bond donors (Lipinski definition) is 2. The van der Waals surface area contributed by atoms with E-state index >= 15 is 0 Å². The second-order valence-electron chi connectivity index (χ2n) is 3.59. The molecule has 8 nitrogen and oxygen atoms in total. The summed E-state index contributed by atoms with van der Waals surface area (Å²) in [6.07, 6.45) is 1.46. The van der Waals surface area contributed by atoms with Gasteiger partial charge in [-0.1, -0.05) is 0 Å². The Balaban J connectivity index is 2.42. The second-order valence-corrected chi connectivity index (χ2v) is 6.15. The molecule has 0 fully saturated rings. The topological polar surface area (TPSA) is 116 Å². The van der Waals surface area contributed by atoms with Gasteiger partial charge in [-0.15, -0.1) is 0 Å². The van der Waals surface area contributed by atoms with Crippen molar-refractivity contribution in [2.45, 2.75) is 0 Å². The van der Waals surface area contributed by atoms with E-state index in [1.807, 2.05) is 0 Å². The standard InChI is InChI=1S/C10H6Br3N5O3/c11-5-1-4(18(19)20)2-6(12)8(5)21-9-7(13)3-15-10(16-9)17-14/h1-3H,14H2,(H,15,16,17). The van der Waals surface area contributed by atoms with E-state index in [9.17, 15) is 10.1 Å². The van der Waals surface area contributed by atoms with Gasteiger partial charge in [0.15, 0.2) is 5.75 Å². The Bertz CT molecular complexity index is 689. The average Bonchev–Trinajstić information content (AvgIpc) is 2.44. The van der Waals surface area contributed by atoms with E-state index in [0.717, 1.165) is 0 Å². The van der Waals surface area contributed by atoms with Crippen molar-refractivity contribution in [1.82, 2.24) is 9.97 Å². The van der Waals surface area contributed by atoms with Crippen LogP contribution >= 0.6 is 47.8 Å². The van der Waals surface area contributed by atoms with E-state index < -0.39 is 4.92 Å². The molecule has 0 aliphatic rings. The summed E-state index contributed by atoms with van der Waals surface area (Å²) >= 11 is 9.70. The Morgan fingerprint density at radius 2 is 1.86 bits per heavy atom. The minimum Gasteiger partial charge on any atom is -0.435 e. The number of nitrogens with zero attached hydrogens (tertiary/aromatic N) is 3. The summed E-state index contributed by atoms with van der Waals surface area (Å²) in [6, 6.07) is 2.66. The zero-order valence-corrected chi connectivity index (χ0v) is 14.8. The lowest BCUT2D eigenvalue weighted by molar-refractivity contribution is -0.385. The molecule has 0 unspecified atom stereocenters. The summed E-state index contributed by atoms with van der Waals surface area (Å²) in [6.45, 7) is 0. The lowest BCUT2D eigenvalue weighted by Crippen LogP contribution is -2.10. The van der Waals surface area contributed by atoms with Crippen molar-refractivity contribution in [3.8, 4) is 11.6 Å². The number of nitro benzene ring substituents is 1. The van der Waals surface area contributed by atoms with Gasteiger partial charge >= 0.3 is 0 Å². The molecule has 21 heavy (non-hydrogen) atoms. The first-order valence-corrected chi connectivity index (χ1v) is 7.60. The van der Waals surface area contributed by atoms with Gasteiger partial charge in [0.25, 0.3) is 5.69 Å². The number of anilines is 1. The first-order chi connectivity index (χ1) is 9.92. The van der Waals surface area contributed by atoms with Crippen LogP contribution in [0.3, 0.4) is 0 Å². The number of ether oxygens (including phenoxy) is 1. The smallest absolute Gasteiger partial charge is 0.271 e. The molecule has 3 N–H and O–H groups in total. The number of nitrogens with one attached hydrogen (secondary N) is 1. The van der Waals surface area contributed by atoms with Gasteiger partial charge < -0.3 is 4.74 Å². The number of non-ortho nitro benzene ring substituents is 1. The minimum atomic E-state index is -0.504. The van der Waals surface area contributed by atoms with Gasteiger partial charge in [0.2, 0.25) is 11.8 Å². The van der Waals surface area contributed by atoms with Gasteiger partial charge in [-0.2, -0.15) is 4.98 Å². The molecule has 2 aromatic rings. The summed E-state index contributed by atoms with van der Waals surface area (Å²) < 4.78 is 6.94. The monoisotopic (exact) mass is 481 g/mol. The molecule has 1 aromatic heterocycles. The van der Waals surface area contributed by atoms with Crippen LogP contribution in [0.1, 0.15) is 0 Å². The number of aromatic nitrogens is 2. The van der Waals surface area contributed by atoms with E-state index in [4.69, 9.17) is 10.6 Å². The minimum absolute atomic E-state index is 0.0767. The largest absolute Gasteiger partial charge is 0.435 e. The number of nitrogen functional groups attached to an aromatic ring is 1. The lowest BCUT2D eigenvalue weighted by atomic mass is 10.3. The lowest BCUT2D eigenvalue weighted by Gasteiger charge is -2.11. The molecular formula is C10H6Br3N5O3. The Labute approximate surface area is 143 Å². The van der Waals surface area contributed by atoms with Crippen LogP contribution < -0.4 is 16.0 Å². The summed E-state index contributed by atoms with van der Waals surface area (Å²) in [5.41, 5.74) is 2.22. The number of nitrogens with two attached hydrogens (primary N) is 1. The van der Waals surface area contributed by atoms with Crippen LogP contribution in [0.2, 0.25) is 0 Å². The summed E-state index contributed by atoms with van der Waals surface area (Å²) in [5, 5.41) is 10.8. The van der Waals surface area contributed by atoms with Crippen molar-refractivity contribution < 1.29 is 9.66 Å². The Morgan fingerprint density at radius 1 is 1.24 bits per heavy atom. The molecule has 1 aromatic carbocycles. The second kappa shape index (κ2) is 6.64. The van der Waals surface area contributed by atoms with Crippen molar-refractivity contribution in [1.29, 1.82) is 0 Å². The van der Waals surface area contributed by atoms with Gasteiger partial charge in [-0.25, -0.2) is 10.8 Å². The van der Waals surface area contributed by atoms with Crippen LogP contribution in [-0.2, 0) is 0 Å². The van der Waals surface area contributed by atoms with Crippen LogP contribution in [0.5, 0.6) is 11.6 Å². The molecule has 110 valence electrons. The summed E-state index contributed by atoms with van der Waals surface area (Å²) in [4.78, 5) is 18.2. The molecule has 1 heterocycles. The SMILES string of the molecule is NNc1ncc(Br)c(Oc2c(Br)cc([N+](=O)[O-])cc2Br)n1. The third-order valence-electron chi connectivity index (χ3n) is 2.23. The molecule has 0 aliphatic heterocycles. The number of hydrazine groups is 1. The van der Waals surface area contributed by atoms with Gasteiger partial charge in [-0.05, 0) is 47.8 Å². The number of halogens is 3. The Kier molecular flexibility index (Phi) is 5.08. The Morgan fingerprint density at radius 3 is 2.38 bits per heavy atom. The van der Waals surface area contributed by atoms with Crippen molar-refractivity contribution in [2.75, 3.05) is 5.43 Å². The molecule has 0 bridgehead atoms. The van der Waals surface area contributed by atoms with Crippen LogP contribution in [-0.4, -0.2) is 14.9 Å². The third-order valence-corrected chi connectivity index (χ3v) is 3.96. The zero-order chi connectivity index (χ0) is 15.6. The fraction of sp³-hybridized carbons (Fsp3) is 0. The molecule has 0 aliphatic carbocycles. The van der Waals surface area contributed by atoms with E-state index in [2.05, 4.69) is 63.2 Å². The maximum Gasteiger partial charge on any atom is 0.271 e. The van der Waals surface area contributed by atoms with Gasteiger partial charge in [0.1, 0.15) is 0 Å². The Hall–Kier alpha value is -1.30. The van der Waals surface area contributed by atoms with Gasteiger partial charge in [0.05, 0.1) is 24.5 Å². The van der Waals surface area contributed by atoms with Crippen LogP contribution in [0.25, 0.3) is 0 Å². The molecule has 2 rings (SSSR count). The number of nitro groups is 1. The highest BCUT2D eigenvalue weighted by Crippen LogP contribution is 2.40. The maximum atomic E-state index is 10.8. The van der Waals surface area contributed by atoms with Crippen LogP contribution in [0.4, 0.5) is 11.6 Å². The van der Waals surface area contributed by atoms with E-state index in [-0.39, 0.29) is 17.5 Å². The first-order valence-electron chi connectivity index (χ1n) is 5.23. The first kappa shape index (κ1) is 16.1. The molecule has 11 heteroatoms. The van der Waals surface area contributed by atoms with Crippen molar-refractivity contribution in [3.05, 3.63) is 41.9 Å².